The van der Waals surface area contributed by atoms with E-state index in [2.05, 4.69) is 5.32 Å². The van der Waals surface area contributed by atoms with Crippen molar-refractivity contribution in [2.24, 2.45) is 5.73 Å². The maximum absolute atomic E-state index is 12.8. The van der Waals surface area contributed by atoms with Crippen LogP contribution in [0, 0.1) is 5.82 Å². The number of anilines is 1. The fraction of sp³-hybridized carbons (Fsp3) is 0.500. The highest BCUT2D eigenvalue weighted by molar-refractivity contribution is 5.46. The Labute approximate surface area is 94.8 Å². The topological polar surface area (TPSA) is 47.3 Å². The summed E-state index contributed by atoms with van der Waals surface area (Å²) >= 11 is 0. The summed E-state index contributed by atoms with van der Waals surface area (Å²) < 4.78 is 18.3. The molecule has 0 spiro atoms. The van der Waals surface area contributed by atoms with Crippen LogP contribution < -0.4 is 11.1 Å². The van der Waals surface area contributed by atoms with E-state index < -0.39 is 0 Å². The van der Waals surface area contributed by atoms with E-state index in [9.17, 15) is 4.39 Å². The van der Waals surface area contributed by atoms with Crippen molar-refractivity contribution in [1.82, 2.24) is 0 Å². The van der Waals surface area contributed by atoms with E-state index in [0.717, 1.165) is 12.1 Å². The Kier molecular flexibility index (Phi) is 3.12. The first-order valence-corrected chi connectivity index (χ1v) is 5.52. The van der Waals surface area contributed by atoms with Crippen molar-refractivity contribution in [2.45, 2.75) is 25.0 Å². The monoisotopic (exact) mass is 224 g/mol. The Morgan fingerprint density at radius 1 is 1.50 bits per heavy atom. The third-order valence-electron chi connectivity index (χ3n) is 3.30. The summed E-state index contributed by atoms with van der Waals surface area (Å²) in [6, 6.07) is 6.32. The van der Waals surface area contributed by atoms with Crippen molar-refractivity contribution in [1.29, 1.82) is 0 Å². The van der Waals surface area contributed by atoms with Crippen molar-refractivity contribution in [3.05, 3.63) is 30.1 Å². The zero-order chi connectivity index (χ0) is 11.6. The highest BCUT2D eigenvalue weighted by Crippen LogP contribution is 2.29. The predicted octanol–water partition coefficient (Wildman–Crippen LogP) is 1.74. The summed E-state index contributed by atoms with van der Waals surface area (Å²) in [5.74, 6) is -0.233. The van der Waals surface area contributed by atoms with Crippen LogP contribution in [-0.2, 0) is 4.74 Å². The number of hydrogen-bond donors (Lipinski definition) is 2. The van der Waals surface area contributed by atoms with E-state index in [1.807, 2.05) is 6.92 Å². The van der Waals surface area contributed by atoms with Gasteiger partial charge in [-0.3, -0.25) is 0 Å². The van der Waals surface area contributed by atoms with Crippen LogP contribution in [0.2, 0.25) is 0 Å². The second kappa shape index (κ2) is 4.39. The molecule has 1 aromatic carbocycles. The van der Waals surface area contributed by atoms with Crippen LogP contribution in [0.4, 0.5) is 10.1 Å². The van der Waals surface area contributed by atoms with Gasteiger partial charge < -0.3 is 15.8 Å². The quantitative estimate of drug-likeness (QED) is 0.822. The van der Waals surface area contributed by atoms with Gasteiger partial charge in [-0.1, -0.05) is 0 Å². The maximum atomic E-state index is 12.8. The van der Waals surface area contributed by atoms with Crippen LogP contribution in [0.25, 0.3) is 0 Å². The van der Waals surface area contributed by atoms with Crippen LogP contribution in [0.5, 0.6) is 0 Å². The third kappa shape index (κ3) is 2.03. The lowest BCUT2D eigenvalue weighted by molar-refractivity contribution is 0.103. The molecular weight excluding hydrogens is 207 g/mol. The molecule has 4 heteroatoms. The molecule has 2 atom stereocenters. The van der Waals surface area contributed by atoms with Gasteiger partial charge in [0.1, 0.15) is 5.82 Å². The number of benzene rings is 1. The number of halogens is 1. The Hall–Kier alpha value is -1.13. The molecule has 0 aliphatic carbocycles. The number of nitrogens with two attached hydrogens (primary N) is 1. The SMILES string of the molecule is CC1OCCC1(CN)Nc1ccc(F)cc1. The molecule has 1 heterocycles. The number of hydrogen-bond acceptors (Lipinski definition) is 3. The molecule has 1 aliphatic heterocycles. The summed E-state index contributed by atoms with van der Waals surface area (Å²) in [5, 5.41) is 3.36. The van der Waals surface area contributed by atoms with Gasteiger partial charge in [-0.25, -0.2) is 4.39 Å². The molecule has 3 N–H and O–H groups in total. The van der Waals surface area contributed by atoms with E-state index in [1.54, 1.807) is 12.1 Å². The second-order valence-electron chi connectivity index (χ2n) is 4.26. The van der Waals surface area contributed by atoms with Crippen LogP contribution in [0.15, 0.2) is 24.3 Å². The zero-order valence-electron chi connectivity index (χ0n) is 9.37. The molecule has 1 aliphatic rings. The molecule has 88 valence electrons. The lowest BCUT2D eigenvalue weighted by Crippen LogP contribution is -2.50. The summed E-state index contributed by atoms with van der Waals surface area (Å²) in [6.45, 7) is 3.23. The van der Waals surface area contributed by atoms with E-state index >= 15 is 0 Å². The van der Waals surface area contributed by atoms with Crippen molar-refractivity contribution in [3.63, 3.8) is 0 Å². The lowest BCUT2D eigenvalue weighted by Gasteiger charge is -2.33. The standard InChI is InChI=1S/C12H17FN2O/c1-9-12(8-14,6-7-16-9)15-11-4-2-10(13)3-5-11/h2-5,9,15H,6-8,14H2,1H3. The van der Waals surface area contributed by atoms with Crippen molar-refractivity contribution < 1.29 is 9.13 Å². The summed E-state index contributed by atoms with van der Waals surface area (Å²) in [5.41, 5.74) is 6.47. The fourth-order valence-electron chi connectivity index (χ4n) is 2.08. The van der Waals surface area contributed by atoms with E-state index in [1.165, 1.54) is 12.1 Å². The molecule has 1 aromatic rings. The Balaban J connectivity index is 2.15. The molecule has 2 unspecified atom stereocenters. The zero-order valence-corrected chi connectivity index (χ0v) is 9.37. The van der Waals surface area contributed by atoms with E-state index in [-0.39, 0.29) is 17.5 Å². The van der Waals surface area contributed by atoms with Gasteiger partial charge in [0, 0.05) is 18.8 Å². The highest BCUT2D eigenvalue weighted by Gasteiger charge is 2.40. The smallest absolute Gasteiger partial charge is 0.123 e. The lowest BCUT2D eigenvalue weighted by atomic mass is 9.91. The summed E-state index contributed by atoms with van der Waals surface area (Å²) in [7, 11) is 0. The molecule has 2 rings (SSSR count). The van der Waals surface area contributed by atoms with Gasteiger partial charge >= 0.3 is 0 Å². The Morgan fingerprint density at radius 2 is 2.19 bits per heavy atom. The molecule has 0 amide bonds. The number of nitrogens with one attached hydrogen (secondary N) is 1. The average Bonchev–Trinajstić information content (AvgIpc) is 2.64. The Morgan fingerprint density at radius 3 is 2.69 bits per heavy atom. The maximum Gasteiger partial charge on any atom is 0.123 e. The first-order chi connectivity index (χ1) is 7.66. The predicted molar refractivity (Wildman–Crippen MR) is 61.8 cm³/mol. The molecule has 0 radical (unpaired) electrons. The van der Waals surface area contributed by atoms with E-state index in [0.29, 0.717) is 13.2 Å². The van der Waals surface area contributed by atoms with Crippen LogP contribution >= 0.6 is 0 Å². The minimum atomic E-state index is -0.233. The molecule has 0 saturated carbocycles. The van der Waals surface area contributed by atoms with Gasteiger partial charge in [0.05, 0.1) is 11.6 Å². The fourth-order valence-corrected chi connectivity index (χ4v) is 2.08. The summed E-state index contributed by atoms with van der Waals surface area (Å²) in [6.07, 6.45) is 0.949. The van der Waals surface area contributed by atoms with Gasteiger partial charge in [-0.2, -0.15) is 0 Å². The van der Waals surface area contributed by atoms with Gasteiger partial charge in [-0.05, 0) is 37.6 Å². The third-order valence-corrected chi connectivity index (χ3v) is 3.30. The summed E-state index contributed by atoms with van der Waals surface area (Å²) in [4.78, 5) is 0. The van der Waals surface area contributed by atoms with Gasteiger partial charge in [0.25, 0.3) is 0 Å². The molecule has 0 bridgehead atoms. The minimum Gasteiger partial charge on any atom is -0.376 e. The largest absolute Gasteiger partial charge is 0.376 e. The van der Waals surface area contributed by atoms with Gasteiger partial charge in [0.15, 0.2) is 0 Å². The minimum absolute atomic E-state index is 0.0718. The molecule has 1 saturated heterocycles. The molecule has 3 nitrogen and oxygen atoms in total. The van der Waals surface area contributed by atoms with Gasteiger partial charge in [-0.15, -0.1) is 0 Å². The van der Waals surface area contributed by atoms with Gasteiger partial charge in [0.2, 0.25) is 0 Å². The second-order valence-corrected chi connectivity index (χ2v) is 4.26. The van der Waals surface area contributed by atoms with E-state index in [4.69, 9.17) is 10.5 Å². The van der Waals surface area contributed by atoms with Crippen molar-refractivity contribution in [3.8, 4) is 0 Å². The number of ether oxygens (including phenoxy) is 1. The average molecular weight is 224 g/mol. The van der Waals surface area contributed by atoms with Crippen molar-refractivity contribution >= 4 is 5.69 Å². The first-order valence-electron chi connectivity index (χ1n) is 5.52. The highest BCUT2D eigenvalue weighted by atomic mass is 19.1. The molecule has 0 aromatic heterocycles. The first kappa shape index (κ1) is 11.4. The van der Waals surface area contributed by atoms with Crippen molar-refractivity contribution in [2.75, 3.05) is 18.5 Å². The van der Waals surface area contributed by atoms with Crippen LogP contribution in [0.1, 0.15) is 13.3 Å². The van der Waals surface area contributed by atoms with Crippen LogP contribution in [-0.4, -0.2) is 24.8 Å². The Bertz CT molecular complexity index is 355. The molecular formula is C12H17FN2O. The number of rotatable bonds is 3. The normalized spacial score (nSPS) is 29.3. The molecule has 1 fully saturated rings. The molecule has 16 heavy (non-hydrogen) atoms. The van der Waals surface area contributed by atoms with Crippen LogP contribution in [0.3, 0.4) is 0 Å².